The Kier molecular flexibility index (Phi) is 3.73. The molecule has 0 saturated carbocycles. The third-order valence-electron chi connectivity index (χ3n) is 4.36. The molecule has 1 aliphatic rings. The van der Waals surface area contributed by atoms with Crippen LogP contribution in [0.5, 0.6) is 5.88 Å². The number of imidazole rings is 1. The van der Waals surface area contributed by atoms with Crippen LogP contribution in [0, 0.1) is 0 Å². The summed E-state index contributed by atoms with van der Waals surface area (Å²) in [6.07, 6.45) is 7.32. The second kappa shape index (κ2) is 6.04. The minimum atomic E-state index is 0.323. The maximum Gasteiger partial charge on any atom is 0.215 e. The van der Waals surface area contributed by atoms with E-state index in [-0.39, 0.29) is 0 Å². The van der Waals surface area contributed by atoms with E-state index < -0.39 is 0 Å². The molecule has 0 amide bonds. The highest BCUT2D eigenvalue weighted by Gasteiger charge is 2.20. The molecular formula is C16H19N7O. The first-order valence-corrected chi connectivity index (χ1v) is 7.97. The topological polar surface area (TPSA) is 104 Å². The van der Waals surface area contributed by atoms with Crippen LogP contribution in [0.2, 0.25) is 0 Å². The highest BCUT2D eigenvalue weighted by atomic mass is 16.5. The zero-order valence-electron chi connectivity index (χ0n) is 13.4. The summed E-state index contributed by atoms with van der Waals surface area (Å²) >= 11 is 0. The van der Waals surface area contributed by atoms with Crippen LogP contribution in [-0.2, 0) is 0 Å². The van der Waals surface area contributed by atoms with Gasteiger partial charge < -0.3 is 15.8 Å². The van der Waals surface area contributed by atoms with E-state index in [4.69, 9.17) is 10.5 Å². The standard InChI is InChI=1S/C16H19N7O/c1-24-14-5-12-11(7-19-14)21-9-23(12)13-8-20-15(16(17)22-13)10-3-2-4-18-6-10/h5,7-10,18H,2-4,6H2,1H3,(H2,17,22)/t10-/m1/s1. The van der Waals surface area contributed by atoms with Crippen molar-refractivity contribution in [1.82, 2.24) is 29.8 Å². The average Bonchev–Trinajstić information content (AvgIpc) is 3.05. The third-order valence-corrected chi connectivity index (χ3v) is 4.36. The lowest BCUT2D eigenvalue weighted by Crippen LogP contribution is -2.29. The minimum absolute atomic E-state index is 0.323. The highest BCUT2D eigenvalue weighted by molar-refractivity contribution is 5.77. The molecule has 1 atom stereocenters. The van der Waals surface area contributed by atoms with Crippen LogP contribution in [-0.4, -0.2) is 44.7 Å². The normalized spacial score (nSPS) is 18.0. The van der Waals surface area contributed by atoms with Crippen molar-refractivity contribution in [3.05, 3.63) is 30.5 Å². The Morgan fingerprint density at radius 3 is 2.96 bits per heavy atom. The minimum Gasteiger partial charge on any atom is -0.481 e. The molecule has 0 radical (unpaired) electrons. The van der Waals surface area contributed by atoms with Crippen LogP contribution < -0.4 is 15.8 Å². The molecule has 124 valence electrons. The molecule has 0 aliphatic carbocycles. The smallest absolute Gasteiger partial charge is 0.215 e. The molecule has 0 spiro atoms. The molecule has 3 aromatic rings. The van der Waals surface area contributed by atoms with Crippen molar-refractivity contribution < 1.29 is 4.74 Å². The van der Waals surface area contributed by atoms with Gasteiger partial charge in [-0.05, 0) is 19.4 Å². The summed E-state index contributed by atoms with van der Waals surface area (Å²) in [5.74, 6) is 1.96. The van der Waals surface area contributed by atoms with Gasteiger partial charge in [-0.2, -0.15) is 0 Å². The molecule has 4 heterocycles. The van der Waals surface area contributed by atoms with Crippen LogP contribution in [0.15, 0.2) is 24.8 Å². The van der Waals surface area contributed by atoms with Gasteiger partial charge in [0.25, 0.3) is 0 Å². The molecule has 0 bridgehead atoms. The van der Waals surface area contributed by atoms with Crippen LogP contribution in [0.3, 0.4) is 0 Å². The van der Waals surface area contributed by atoms with Crippen molar-refractivity contribution in [2.45, 2.75) is 18.8 Å². The second-order valence-electron chi connectivity index (χ2n) is 5.87. The lowest BCUT2D eigenvalue weighted by molar-refractivity contribution is 0.398. The van der Waals surface area contributed by atoms with Crippen molar-refractivity contribution in [2.24, 2.45) is 0 Å². The Morgan fingerprint density at radius 1 is 1.29 bits per heavy atom. The molecule has 1 fully saturated rings. The van der Waals surface area contributed by atoms with Gasteiger partial charge in [0.15, 0.2) is 5.82 Å². The van der Waals surface area contributed by atoms with Crippen molar-refractivity contribution in [1.29, 1.82) is 0 Å². The summed E-state index contributed by atoms with van der Waals surface area (Å²) in [5, 5.41) is 3.38. The fourth-order valence-corrected chi connectivity index (χ4v) is 3.11. The van der Waals surface area contributed by atoms with Gasteiger partial charge >= 0.3 is 0 Å². The number of nitrogen functional groups attached to an aromatic ring is 1. The van der Waals surface area contributed by atoms with Crippen molar-refractivity contribution in [3.8, 4) is 11.7 Å². The Bertz CT molecular complexity index is 870. The van der Waals surface area contributed by atoms with Gasteiger partial charge in [-0.15, -0.1) is 0 Å². The highest BCUT2D eigenvalue weighted by Crippen LogP contribution is 2.26. The molecule has 4 rings (SSSR count). The summed E-state index contributed by atoms with van der Waals surface area (Å²) in [6.45, 7) is 1.95. The number of nitrogens with one attached hydrogen (secondary N) is 1. The number of pyridine rings is 1. The first-order chi connectivity index (χ1) is 11.8. The number of nitrogens with zero attached hydrogens (tertiary/aromatic N) is 5. The zero-order valence-corrected chi connectivity index (χ0v) is 13.4. The fourth-order valence-electron chi connectivity index (χ4n) is 3.11. The van der Waals surface area contributed by atoms with E-state index in [9.17, 15) is 0 Å². The van der Waals surface area contributed by atoms with Crippen molar-refractivity contribution in [2.75, 3.05) is 25.9 Å². The molecule has 8 nitrogen and oxygen atoms in total. The number of hydrogen-bond donors (Lipinski definition) is 2. The number of piperidine rings is 1. The largest absolute Gasteiger partial charge is 0.481 e. The van der Waals surface area contributed by atoms with Crippen LogP contribution >= 0.6 is 0 Å². The second-order valence-corrected chi connectivity index (χ2v) is 5.87. The summed E-state index contributed by atoms with van der Waals surface area (Å²) in [6, 6.07) is 1.82. The van der Waals surface area contributed by atoms with Gasteiger partial charge in [-0.25, -0.2) is 15.0 Å². The molecule has 3 N–H and O–H groups in total. The molecule has 1 aliphatic heterocycles. The summed E-state index contributed by atoms with van der Waals surface area (Å²) in [7, 11) is 1.58. The number of aromatic nitrogens is 5. The molecule has 1 saturated heterocycles. The quantitative estimate of drug-likeness (QED) is 0.747. The Morgan fingerprint density at radius 2 is 2.21 bits per heavy atom. The van der Waals surface area contributed by atoms with Crippen molar-refractivity contribution in [3.63, 3.8) is 0 Å². The summed E-state index contributed by atoms with van der Waals surface area (Å²) < 4.78 is 7.02. The lowest BCUT2D eigenvalue weighted by Gasteiger charge is -2.23. The van der Waals surface area contributed by atoms with Crippen LogP contribution in [0.25, 0.3) is 16.9 Å². The number of hydrogen-bond acceptors (Lipinski definition) is 7. The van der Waals surface area contributed by atoms with E-state index in [0.717, 1.165) is 42.7 Å². The number of anilines is 1. The number of rotatable bonds is 3. The summed E-state index contributed by atoms with van der Waals surface area (Å²) in [5.41, 5.74) is 8.67. The number of fused-ring (bicyclic) bond motifs is 1. The van der Waals surface area contributed by atoms with Gasteiger partial charge in [0.05, 0.1) is 30.7 Å². The Balaban J connectivity index is 1.73. The number of ether oxygens (including phenoxy) is 1. The fraction of sp³-hybridized carbons (Fsp3) is 0.375. The predicted octanol–water partition coefficient (Wildman–Crippen LogP) is 1.27. The van der Waals surface area contributed by atoms with Crippen molar-refractivity contribution >= 4 is 16.9 Å². The molecule has 24 heavy (non-hydrogen) atoms. The third kappa shape index (κ3) is 2.54. The summed E-state index contributed by atoms with van der Waals surface area (Å²) in [4.78, 5) is 17.6. The van der Waals surface area contributed by atoms with Gasteiger partial charge in [-0.1, -0.05) is 0 Å². The number of nitrogens with two attached hydrogens (primary N) is 1. The van der Waals surface area contributed by atoms with Gasteiger partial charge in [0, 0.05) is 18.5 Å². The van der Waals surface area contributed by atoms with E-state index in [0.29, 0.717) is 23.4 Å². The SMILES string of the molecule is COc1cc2c(cn1)ncn2-c1cnc([C@@H]2CCCNC2)c(N)n1. The first-order valence-electron chi connectivity index (χ1n) is 7.97. The van der Waals surface area contributed by atoms with E-state index in [1.54, 1.807) is 25.8 Å². The zero-order chi connectivity index (χ0) is 16.5. The molecule has 0 unspecified atom stereocenters. The average molecular weight is 325 g/mol. The van der Waals surface area contributed by atoms with Gasteiger partial charge in [-0.3, -0.25) is 9.55 Å². The van der Waals surface area contributed by atoms with Gasteiger partial charge in [0.2, 0.25) is 5.88 Å². The molecule has 3 aromatic heterocycles. The number of methoxy groups -OCH3 is 1. The van der Waals surface area contributed by atoms with Crippen LogP contribution in [0.4, 0.5) is 5.82 Å². The monoisotopic (exact) mass is 325 g/mol. The Hall–Kier alpha value is -2.74. The maximum absolute atomic E-state index is 6.19. The predicted molar refractivity (Wildman–Crippen MR) is 90.3 cm³/mol. The molecule has 0 aromatic carbocycles. The molecule has 8 heteroatoms. The van der Waals surface area contributed by atoms with Gasteiger partial charge in [0.1, 0.15) is 17.7 Å². The Labute approximate surface area is 139 Å². The van der Waals surface area contributed by atoms with E-state index in [2.05, 4.69) is 25.3 Å². The van der Waals surface area contributed by atoms with Crippen LogP contribution in [0.1, 0.15) is 24.5 Å². The lowest BCUT2D eigenvalue weighted by atomic mass is 9.96. The van der Waals surface area contributed by atoms with E-state index in [1.807, 2.05) is 10.6 Å². The first kappa shape index (κ1) is 14.8. The maximum atomic E-state index is 6.19. The van der Waals surface area contributed by atoms with E-state index >= 15 is 0 Å². The molecular weight excluding hydrogens is 306 g/mol. The van der Waals surface area contributed by atoms with E-state index in [1.165, 1.54) is 0 Å².